The standard InChI is InChI=1S/C17H17NO2/c1-3-13-7-8-16(17(10-13)19-2)20-12-15-6-4-5-14(9-15)11-18/h4-10H,3,12H2,1-2H3. The Morgan fingerprint density at radius 1 is 1.05 bits per heavy atom. The minimum atomic E-state index is 0.414. The maximum atomic E-state index is 8.88. The normalized spacial score (nSPS) is 9.85. The Morgan fingerprint density at radius 2 is 1.90 bits per heavy atom. The summed E-state index contributed by atoms with van der Waals surface area (Å²) in [5.41, 5.74) is 2.81. The lowest BCUT2D eigenvalue weighted by Crippen LogP contribution is -1.98. The third-order valence-corrected chi connectivity index (χ3v) is 3.09. The molecule has 0 amide bonds. The second-order valence-corrected chi connectivity index (χ2v) is 4.44. The molecular weight excluding hydrogens is 250 g/mol. The van der Waals surface area contributed by atoms with E-state index in [9.17, 15) is 0 Å². The summed E-state index contributed by atoms with van der Waals surface area (Å²) in [7, 11) is 1.64. The van der Waals surface area contributed by atoms with Crippen molar-refractivity contribution in [2.75, 3.05) is 7.11 Å². The molecule has 0 N–H and O–H groups in total. The van der Waals surface area contributed by atoms with Crippen LogP contribution in [0.1, 0.15) is 23.6 Å². The largest absolute Gasteiger partial charge is 0.493 e. The first-order valence-electron chi connectivity index (χ1n) is 6.55. The zero-order chi connectivity index (χ0) is 14.4. The second kappa shape index (κ2) is 6.63. The number of nitrogens with zero attached hydrogens (tertiary/aromatic N) is 1. The van der Waals surface area contributed by atoms with Crippen LogP contribution in [0.5, 0.6) is 11.5 Å². The van der Waals surface area contributed by atoms with E-state index in [2.05, 4.69) is 13.0 Å². The molecule has 2 aromatic rings. The molecule has 0 aliphatic rings. The van der Waals surface area contributed by atoms with Crippen LogP contribution in [0, 0.1) is 11.3 Å². The minimum absolute atomic E-state index is 0.414. The predicted octanol–water partition coefficient (Wildman–Crippen LogP) is 3.71. The van der Waals surface area contributed by atoms with Gasteiger partial charge in [0.05, 0.1) is 18.7 Å². The monoisotopic (exact) mass is 267 g/mol. The SMILES string of the molecule is CCc1ccc(OCc2cccc(C#N)c2)c(OC)c1. The van der Waals surface area contributed by atoms with Crippen LogP contribution >= 0.6 is 0 Å². The number of nitriles is 1. The molecule has 0 unspecified atom stereocenters. The summed E-state index contributed by atoms with van der Waals surface area (Å²) in [5, 5.41) is 8.88. The lowest BCUT2D eigenvalue weighted by Gasteiger charge is -2.12. The molecule has 0 radical (unpaired) electrons. The Labute approximate surface area is 119 Å². The van der Waals surface area contributed by atoms with Gasteiger partial charge in [-0.05, 0) is 41.8 Å². The van der Waals surface area contributed by atoms with Crippen LogP contribution in [-0.4, -0.2) is 7.11 Å². The lowest BCUT2D eigenvalue weighted by molar-refractivity contribution is 0.284. The van der Waals surface area contributed by atoms with Gasteiger partial charge in [-0.15, -0.1) is 0 Å². The molecule has 0 fully saturated rings. The summed E-state index contributed by atoms with van der Waals surface area (Å²) in [6.07, 6.45) is 0.959. The number of ether oxygens (including phenoxy) is 2. The van der Waals surface area contributed by atoms with Gasteiger partial charge in [0.25, 0.3) is 0 Å². The van der Waals surface area contributed by atoms with Gasteiger partial charge >= 0.3 is 0 Å². The molecule has 3 nitrogen and oxygen atoms in total. The van der Waals surface area contributed by atoms with Crippen LogP contribution < -0.4 is 9.47 Å². The fourth-order valence-corrected chi connectivity index (χ4v) is 1.94. The molecule has 0 bridgehead atoms. The average Bonchev–Trinajstić information content (AvgIpc) is 2.52. The number of aryl methyl sites for hydroxylation is 1. The number of rotatable bonds is 5. The van der Waals surface area contributed by atoms with E-state index >= 15 is 0 Å². The van der Waals surface area contributed by atoms with Crippen LogP contribution in [0.3, 0.4) is 0 Å². The smallest absolute Gasteiger partial charge is 0.161 e. The van der Waals surface area contributed by atoms with Crippen LogP contribution in [0.2, 0.25) is 0 Å². The number of methoxy groups -OCH3 is 1. The molecule has 102 valence electrons. The summed E-state index contributed by atoms with van der Waals surface area (Å²) in [6, 6.07) is 15.5. The fraction of sp³-hybridized carbons (Fsp3) is 0.235. The first-order valence-corrected chi connectivity index (χ1v) is 6.55. The molecule has 2 aromatic carbocycles. The zero-order valence-corrected chi connectivity index (χ0v) is 11.7. The molecular formula is C17H17NO2. The van der Waals surface area contributed by atoms with Gasteiger partial charge < -0.3 is 9.47 Å². The molecule has 0 spiro atoms. The third-order valence-electron chi connectivity index (χ3n) is 3.09. The maximum Gasteiger partial charge on any atom is 0.161 e. The number of hydrogen-bond donors (Lipinski definition) is 0. The van der Waals surface area contributed by atoms with E-state index in [1.165, 1.54) is 5.56 Å². The highest BCUT2D eigenvalue weighted by molar-refractivity contribution is 5.43. The van der Waals surface area contributed by atoms with E-state index in [0.29, 0.717) is 17.9 Å². The fourth-order valence-electron chi connectivity index (χ4n) is 1.94. The van der Waals surface area contributed by atoms with E-state index in [4.69, 9.17) is 14.7 Å². The first kappa shape index (κ1) is 14.0. The van der Waals surface area contributed by atoms with Crippen LogP contribution in [0.25, 0.3) is 0 Å². The average molecular weight is 267 g/mol. The van der Waals surface area contributed by atoms with E-state index in [-0.39, 0.29) is 0 Å². The molecule has 0 saturated heterocycles. The molecule has 0 aliphatic carbocycles. The van der Waals surface area contributed by atoms with Crippen molar-refractivity contribution in [2.45, 2.75) is 20.0 Å². The summed E-state index contributed by atoms with van der Waals surface area (Å²) in [6.45, 7) is 2.51. The Bertz CT molecular complexity index is 629. The van der Waals surface area contributed by atoms with Gasteiger partial charge in [0.1, 0.15) is 6.61 Å². The highest BCUT2D eigenvalue weighted by Crippen LogP contribution is 2.29. The molecule has 0 heterocycles. The summed E-state index contributed by atoms with van der Waals surface area (Å²) < 4.78 is 11.1. The van der Waals surface area contributed by atoms with Gasteiger partial charge in [-0.3, -0.25) is 0 Å². The van der Waals surface area contributed by atoms with Crippen molar-refractivity contribution >= 4 is 0 Å². The zero-order valence-electron chi connectivity index (χ0n) is 11.7. The van der Waals surface area contributed by atoms with Crippen molar-refractivity contribution in [3.05, 3.63) is 59.2 Å². The Hall–Kier alpha value is -2.47. The molecule has 20 heavy (non-hydrogen) atoms. The van der Waals surface area contributed by atoms with Crippen LogP contribution in [-0.2, 0) is 13.0 Å². The van der Waals surface area contributed by atoms with E-state index in [1.807, 2.05) is 36.4 Å². The minimum Gasteiger partial charge on any atom is -0.493 e. The van der Waals surface area contributed by atoms with Gasteiger partial charge in [0, 0.05) is 0 Å². The molecule has 0 atom stereocenters. The maximum absolute atomic E-state index is 8.88. The first-order chi connectivity index (χ1) is 9.76. The topological polar surface area (TPSA) is 42.2 Å². The van der Waals surface area contributed by atoms with Crippen molar-refractivity contribution in [3.8, 4) is 17.6 Å². The van der Waals surface area contributed by atoms with Gasteiger partial charge in [-0.1, -0.05) is 25.1 Å². The molecule has 2 rings (SSSR count). The van der Waals surface area contributed by atoms with Gasteiger partial charge in [-0.25, -0.2) is 0 Å². The highest BCUT2D eigenvalue weighted by atomic mass is 16.5. The van der Waals surface area contributed by atoms with Crippen molar-refractivity contribution in [1.82, 2.24) is 0 Å². The predicted molar refractivity (Wildman–Crippen MR) is 77.9 cm³/mol. The number of benzene rings is 2. The summed E-state index contributed by atoms with van der Waals surface area (Å²) in [4.78, 5) is 0. The third kappa shape index (κ3) is 3.30. The molecule has 3 heteroatoms. The van der Waals surface area contributed by atoms with Crippen molar-refractivity contribution < 1.29 is 9.47 Å². The van der Waals surface area contributed by atoms with Gasteiger partial charge in [0.2, 0.25) is 0 Å². The van der Waals surface area contributed by atoms with Crippen molar-refractivity contribution in [1.29, 1.82) is 5.26 Å². The van der Waals surface area contributed by atoms with E-state index < -0.39 is 0 Å². The Morgan fingerprint density at radius 3 is 2.60 bits per heavy atom. The second-order valence-electron chi connectivity index (χ2n) is 4.44. The summed E-state index contributed by atoms with van der Waals surface area (Å²) >= 11 is 0. The molecule has 0 saturated carbocycles. The lowest BCUT2D eigenvalue weighted by atomic mass is 10.1. The highest BCUT2D eigenvalue weighted by Gasteiger charge is 2.05. The van der Waals surface area contributed by atoms with Gasteiger partial charge in [0.15, 0.2) is 11.5 Å². The summed E-state index contributed by atoms with van der Waals surface area (Å²) in [5.74, 6) is 1.45. The van der Waals surface area contributed by atoms with Crippen LogP contribution in [0.15, 0.2) is 42.5 Å². The Balaban J connectivity index is 2.12. The van der Waals surface area contributed by atoms with Crippen LogP contribution in [0.4, 0.5) is 0 Å². The van der Waals surface area contributed by atoms with Gasteiger partial charge in [-0.2, -0.15) is 5.26 Å². The van der Waals surface area contributed by atoms with Crippen molar-refractivity contribution in [2.24, 2.45) is 0 Å². The van der Waals surface area contributed by atoms with Crippen molar-refractivity contribution in [3.63, 3.8) is 0 Å². The van der Waals surface area contributed by atoms with E-state index in [1.54, 1.807) is 13.2 Å². The quantitative estimate of drug-likeness (QED) is 0.829. The Kier molecular flexibility index (Phi) is 4.62. The molecule has 0 aliphatic heterocycles. The van der Waals surface area contributed by atoms with E-state index in [0.717, 1.165) is 17.7 Å². The molecule has 0 aromatic heterocycles. The number of hydrogen-bond acceptors (Lipinski definition) is 3.